The van der Waals surface area contributed by atoms with Crippen LogP contribution in [0.4, 0.5) is 0 Å². The molecular formula is C25H38ClN3O4S. The standard InChI is InChI=1S/C25H38ClN3O4S/c1-17(2)15-32-16-22(30)29-9-5-19(6-10-29)23-25(34-21-4-3-18(13-26)14-27-21)33-24(28-23)20-7-11-31-12-8-20/h3-4,17,19-20,23,25,27H,5-16H2,1-2H3. The number of likely N-dealkylation sites (tertiary alicyclic amines) is 1. The van der Waals surface area contributed by atoms with Crippen LogP contribution < -0.4 is 5.32 Å². The number of allylic oxidation sites excluding steroid dienone is 2. The summed E-state index contributed by atoms with van der Waals surface area (Å²) in [4.78, 5) is 19.6. The fraction of sp³-hybridized carbons (Fsp3) is 0.760. The van der Waals surface area contributed by atoms with E-state index in [1.54, 1.807) is 11.8 Å². The van der Waals surface area contributed by atoms with E-state index in [2.05, 4.69) is 31.3 Å². The first kappa shape index (κ1) is 25.9. The molecule has 4 aliphatic heterocycles. The molecule has 7 nitrogen and oxygen atoms in total. The van der Waals surface area contributed by atoms with Crippen molar-refractivity contribution in [1.29, 1.82) is 0 Å². The minimum Gasteiger partial charge on any atom is -0.464 e. The number of alkyl halides is 1. The summed E-state index contributed by atoms with van der Waals surface area (Å²) in [6, 6.07) is 0.0957. The number of aliphatic imine (C=N–C) groups is 1. The predicted octanol–water partition coefficient (Wildman–Crippen LogP) is 3.79. The van der Waals surface area contributed by atoms with Crippen molar-refractivity contribution in [3.05, 3.63) is 22.8 Å². The Kier molecular flexibility index (Phi) is 9.62. The molecule has 0 aliphatic carbocycles. The Bertz CT molecular complexity index is 789. The van der Waals surface area contributed by atoms with Gasteiger partial charge in [-0.15, -0.1) is 11.6 Å². The van der Waals surface area contributed by atoms with Gasteiger partial charge in [0.15, 0.2) is 11.3 Å². The average Bonchev–Trinajstić information content (AvgIpc) is 3.28. The molecule has 4 rings (SSSR count). The lowest BCUT2D eigenvalue weighted by molar-refractivity contribution is -0.138. The predicted molar refractivity (Wildman–Crippen MR) is 137 cm³/mol. The molecule has 0 saturated carbocycles. The smallest absolute Gasteiger partial charge is 0.248 e. The number of carbonyl (C=O) groups is 1. The van der Waals surface area contributed by atoms with Gasteiger partial charge in [0.2, 0.25) is 5.91 Å². The maximum absolute atomic E-state index is 12.5. The Morgan fingerprint density at radius 2 is 2.03 bits per heavy atom. The number of piperidine rings is 1. The molecule has 4 heterocycles. The molecule has 34 heavy (non-hydrogen) atoms. The maximum atomic E-state index is 12.5. The number of rotatable bonds is 9. The number of amides is 1. The van der Waals surface area contributed by atoms with Crippen LogP contribution in [0, 0.1) is 17.8 Å². The van der Waals surface area contributed by atoms with Gasteiger partial charge in [-0.25, -0.2) is 4.99 Å². The minimum atomic E-state index is -0.0517. The van der Waals surface area contributed by atoms with E-state index in [0.717, 1.165) is 69.5 Å². The number of thioether (sulfide) groups is 1. The Labute approximate surface area is 212 Å². The second-order valence-corrected chi connectivity index (χ2v) is 11.3. The lowest BCUT2D eigenvalue weighted by atomic mass is 9.90. The number of halogens is 1. The third kappa shape index (κ3) is 6.93. The van der Waals surface area contributed by atoms with E-state index >= 15 is 0 Å². The summed E-state index contributed by atoms with van der Waals surface area (Å²) in [6.45, 7) is 8.81. The Morgan fingerprint density at radius 3 is 2.68 bits per heavy atom. The molecule has 2 saturated heterocycles. The number of hydrogen-bond donors (Lipinski definition) is 1. The Balaban J connectivity index is 1.37. The van der Waals surface area contributed by atoms with Crippen LogP contribution in [0.3, 0.4) is 0 Å². The fourth-order valence-electron chi connectivity index (χ4n) is 4.77. The molecular weight excluding hydrogens is 474 g/mol. The average molecular weight is 512 g/mol. The van der Waals surface area contributed by atoms with Gasteiger partial charge in [-0.2, -0.15) is 0 Å². The van der Waals surface area contributed by atoms with Crippen molar-refractivity contribution in [2.24, 2.45) is 22.7 Å². The molecule has 1 N–H and O–H groups in total. The largest absolute Gasteiger partial charge is 0.464 e. The topological polar surface area (TPSA) is 72.4 Å². The van der Waals surface area contributed by atoms with Crippen molar-refractivity contribution in [2.75, 3.05) is 51.9 Å². The van der Waals surface area contributed by atoms with E-state index in [1.807, 2.05) is 4.90 Å². The van der Waals surface area contributed by atoms with Gasteiger partial charge in [-0.05, 0) is 49.2 Å². The van der Waals surface area contributed by atoms with Gasteiger partial charge in [0.25, 0.3) is 0 Å². The highest BCUT2D eigenvalue weighted by atomic mass is 35.5. The second-order valence-electron chi connectivity index (χ2n) is 9.92. The van der Waals surface area contributed by atoms with E-state index < -0.39 is 0 Å². The first-order valence-electron chi connectivity index (χ1n) is 12.6. The van der Waals surface area contributed by atoms with Crippen molar-refractivity contribution < 1.29 is 19.0 Å². The molecule has 0 aromatic carbocycles. The number of dihydropyridines is 1. The summed E-state index contributed by atoms with van der Waals surface area (Å²) in [5, 5.41) is 4.57. The first-order valence-corrected chi connectivity index (χ1v) is 14.0. The van der Waals surface area contributed by atoms with Crippen LogP contribution in [-0.2, 0) is 19.0 Å². The third-order valence-electron chi connectivity index (χ3n) is 6.79. The Morgan fingerprint density at radius 1 is 1.26 bits per heavy atom. The van der Waals surface area contributed by atoms with Crippen molar-refractivity contribution in [1.82, 2.24) is 10.2 Å². The molecule has 0 spiro atoms. The van der Waals surface area contributed by atoms with Gasteiger partial charge in [0, 0.05) is 51.3 Å². The molecule has 0 aromatic heterocycles. The number of carbonyl (C=O) groups excluding carboxylic acids is 1. The first-order chi connectivity index (χ1) is 16.5. The molecule has 1 amide bonds. The lowest BCUT2D eigenvalue weighted by Crippen LogP contribution is -2.44. The highest BCUT2D eigenvalue weighted by Gasteiger charge is 2.41. The normalized spacial score (nSPS) is 26.6. The van der Waals surface area contributed by atoms with Gasteiger partial charge >= 0.3 is 0 Å². The van der Waals surface area contributed by atoms with Crippen LogP contribution in [0.15, 0.2) is 27.7 Å². The van der Waals surface area contributed by atoms with E-state index in [1.165, 1.54) is 5.57 Å². The highest BCUT2D eigenvalue weighted by Crippen LogP contribution is 2.39. The van der Waals surface area contributed by atoms with Crippen LogP contribution in [0.1, 0.15) is 39.5 Å². The summed E-state index contributed by atoms with van der Waals surface area (Å²) in [5.74, 6) is 2.72. The quantitative estimate of drug-likeness (QED) is 0.475. The van der Waals surface area contributed by atoms with Crippen molar-refractivity contribution in [3.63, 3.8) is 0 Å². The monoisotopic (exact) mass is 511 g/mol. The molecule has 2 atom stereocenters. The summed E-state index contributed by atoms with van der Waals surface area (Å²) in [5.41, 5.74) is 1.13. The van der Waals surface area contributed by atoms with Crippen molar-refractivity contribution >= 4 is 35.2 Å². The van der Waals surface area contributed by atoms with E-state index in [4.69, 9.17) is 30.8 Å². The fourth-order valence-corrected chi connectivity index (χ4v) is 6.07. The minimum absolute atomic E-state index is 0.0517. The van der Waals surface area contributed by atoms with E-state index in [-0.39, 0.29) is 24.0 Å². The molecule has 4 aliphatic rings. The number of nitrogens with one attached hydrogen (secondary N) is 1. The van der Waals surface area contributed by atoms with Crippen LogP contribution >= 0.6 is 23.4 Å². The van der Waals surface area contributed by atoms with Crippen LogP contribution in [-0.4, -0.2) is 80.1 Å². The van der Waals surface area contributed by atoms with Crippen LogP contribution in [0.2, 0.25) is 0 Å². The molecule has 0 bridgehead atoms. The van der Waals surface area contributed by atoms with Gasteiger partial charge in [-0.1, -0.05) is 31.7 Å². The highest BCUT2D eigenvalue weighted by molar-refractivity contribution is 8.03. The Hall–Kier alpha value is -1.22. The maximum Gasteiger partial charge on any atom is 0.248 e. The summed E-state index contributed by atoms with van der Waals surface area (Å²) in [7, 11) is 0. The van der Waals surface area contributed by atoms with Crippen molar-refractivity contribution in [3.8, 4) is 0 Å². The van der Waals surface area contributed by atoms with E-state index in [9.17, 15) is 4.79 Å². The van der Waals surface area contributed by atoms with Gasteiger partial charge in [0.1, 0.15) is 12.6 Å². The van der Waals surface area contributed by atoms with Gasteiger partial charge in [0.05, 0.1) is 5.03 Å². The summed E-state index contributed by atoms with van der Waals surface area (Å²) < 4.78 is 17.6. The van der Waals surface area contributed by atoms with Crippen LogP contribution in [0.25, 0.3) is 0 Å². The zero-order chi connectivity index (χ0) is 23.9. The summed E-state index contributed by atoms with van der Waals surface area (Å²) >= 11 is 7.70. The third-order valence-corrected chi connectivity index (χ3v) is 8.27. The molecule has 0 radical (unpaired) electrons. The van der Waals surface area contributed by atoms with Crippen molar-refractivity contribution in [2.45, 2.75) is 51.0 Å². The molecule has 0 aromatic rings. The molecule has 2 unspecified atom stereocenters. The number of ether oxygens (including phenoxy) is 3. The van der Waals surface area contributed by atoms with Gasteiger partial charge < -0.3 is 24.4 Å². The molecule has 2 fully saturated rings. The SMILES string of the molecule is CC(C)COCC(=O)N1CCC(C2N=C(C3CCOCC3)OC2SC2=CC=C(CCl)CN2)CC1. The number of hydrogen-bond acceptors (Lipinski definition) is 7. The molecule has 190 valence electrons. The zero-order valence-electron chi connectivity index (χ0n) is 20.3. The zero-order valence-corrected chi connectivity index (χ0v) is 21.9. The second kappa shape index (κ2) is 12.7. The molecule has 9 heteroatoms. The van der Waals surface area contributed by atoms with Gasteiger partial charge in [-0.3, -0.25) is 4.79 Å². The summed E-state index contributed by atoms with van der Waals surface area (Å²) in [6.07, 6.45) is 8.01. The van der Waals surface area contributed by atoms with Crippen LogP contribution in [0.5, 0.6) is 0 Å². The number of nitrogens with zero attached hydrogens (tertiary/aromatic N) is 2. The van der Waals surface area contributed by atoms with E-state index in [0.29, 0.717) is 30.2 Å². The lowest BCUT2D eigenvalue weighted by Gasteiger charge is -2.35.